The highest BCUT2D eigenvalue weighted by atomic mass is 16.5. The lowest BCUT2D eigenvalue weighted by Gasteiger charge is -2.04. The van der Waals surface area contributed by atoms with Gasteiger partial charge in [-0.15, -0.1) is 5.10 Å². The molecule has 0 aliphatic heterocycles. The molecule has 2 rings (SSSR count). The fourth-order valence-electron chi connectivity index (χ4n) is 1.68. The van der Waals surface area contributed by atoms with E-state index in [1.54, 1.807) is 36.9 Å². The van der Waals surface area contributed by atoms with Gasteiger partial charge in [-0.25, -0.2) is 0 Å². The van der Waals surface area contributed by atoms with Gasteiger partial charge in [0, 0.05) is 27.3 Å². The van der Waals surface area contributed by atoms with Gasteiger partial charge in [-0.2, -0.15) is 4.99 Å². The predicted molar refractivity (Wildman–Crippen MR) is 80.5 cm³/mol. The first-order valence-corrected chi connectivity index (χ1v) is 6.51. The van der Waals surface area contributed by atoms with E-state index in [9.17, 15) is 4.79 Å². The first-order valence-electron chi connectivity index (χ1n) is 6.51. The molecule has 6 heteroatoms. The van der Waals surface area contributed by atoms with Gasteiger partial charge in [-0.3, -0.25) is 9.48 Å². The Labute approximate surface area is 123 Å². The Balaban J connectivity index is 2.11. The van der Waals surface area contributed by atoms with Gasteiger partial charge in [-0.1, -0.05) is 30.3 Å². The van der Waals surface area contributed by atoms with E-state index in [-0.39, 0.29) is 5.91 Å². The Kier molecular flexibility index (Phi) is 4.71. The Morgan fingerprint density at radius 1 is 1.38 bits per heavy atom. The molecule has 0 aliphatic rings. The van der Waals surface area contributed by atoms with Crippen molar-refractivity contribution in [3.05, 3.63) is 47.7 Å². The van der Waals surface area contributed by atoms with E-state index in [1.807, 2.05) is 30.3 Å². The molecule has 0 saturated heterocycles. The van der Waals surface area contributed by atoms with Gasteiger partial charge >= 0.3 is 0 Å². The normalized spacial score (nSPS) is 10.8. The Morgan fingerprint density at radius 3 is 2.76 bits per heavy atom. The topological polar surface area (TPSA) is 59.7 Å². The van der Waals surface area contributed by atoms with Crippen LogP contribution in [0.2, 0.25) is 0 Å². The summed E-state index contributed by atoms with van der Waals surface area (Å²) in [5, 5.41) is 4.16. The van der Waals surface area contributed by atoms with Gasteiger partial charge in [0.1, 0.15) is 12.2 Å². The number of amides is 1. The van der Waals surface area contributed by atoms with Crippen LogP contribution in [-0.2, 0) is 13.7 Å². The first-order chi connectivity index (χ1) is 10.1. The van der Waals surface area contributed by atoms with Crippen LogP contribution in [0.15, 0.2) is 41.5 Å². The maximum atomic E-state index is 12.0. The third-order valence-corrected chi connectivity index (χ3v) is 2.65. The third kappa shape index (κ3) is 4.17. The summed E-state index contributed by atoms with van der Waals surface area (Å²) < 4.78 is 7.17. The van der Waals surface area contributed by atoms with Gasteiger partial charge in [0.2, 0.25) is 5.88 Å². The standard InChI is InChI=1S/C15H18N4O2/c1-18(2)11-16-14(20)13-9-19(3)17-15(13)21-10-12-7-5-4-6-8-12/h4-9,11H,10H2,1-3H3. The summed E-state index contributed by atoms with van der Waals surface area (Å²) in [6.45, 7) is 0.357. The van der Waals surface area contributed by atoms with Crippen molar-refractivity contribution in [1.29, 1.82) is 0 Å². The zero-order valence-corrected chi connectivity index (χ0v) is 12.4. The summed E-state index contributed by atoms with van der Waals surface area (Å²) >= 11 is 0. The zero-order valence-electron chi connectivity index (χ0n) is 12.4. The average molecular weight is 286 g/mol. The molecular weight excluding hydrogens is 268 g/mol. The van der Waals surface area contributed by atoms with Gasteiger partial charge in [0.25, 0.3) is 5.91 Å². The Morgan fingerprint density at radius 2 is 2.10 bits per heavy atom. The molecule has 0 spiro atoms. The number of benzene rings is 1. The van der Waals surface area contributed by atoms with Crippen LogP contribution in [0.25, 0.3) is 0 Å². The summed E-state index contributed by atoms with van der Waals surface area (Å²) in [7, 11) is 5.33. The summed E-state index contributed by atoms with van der Waals surface area (Å²) in [6, 6.07) is 9.72. The fraction of sp³-hybridized carbons (Fsp3) is 0.267. The molecule has 0 bridgehead atoms. The number of hydrogen-bond donors (Lipinski definition) is 0. The van der Waals surface area contributed by atoms with E-state index in [0.717, 1.165) is 5.56 Å². The molecule has 110 valence electrons. The maximum absolute atomic E-state index is 12.0. The van der Waals surface area contributed by atoms with Crippen LogP contribution >= 0.6 is 0 Å². The number of hydrogen-bond acceptors (Lipinski definition) is 3. The molecular formula is C15H18N4O2. The van der Waals surface area contributed by atoms with Crippen molar-refractivity contribution in [2.24, 2.45) is 12.0 Å². The second-order valence-corrected chi connectivity index (χ2v) is 4.81. The molecule has 6 nitrogen and oxygen atoms in total. The van der Waals surface area contributed by atoms with E-state index in [0.29, 0.717) is 18.1 Å². The van der Waals surface area contributed by atoms with Crippen LogP contribution in [0.5, 0.6) is 5.88 Å². The Hall–Kier alpha value is -2.63. The lowest BCUT2D eigenvalue weighted by atomic mass is 10.2. The van der Waals surface area contributed by atoms with Crippen molar-refractivity contribution in [1.82, 2.24) is 14.7 Å². The van der Waals surface area contributed by atoms with E-state index < -0.39 is 0 Å². The van der Waals surface area contributed by atoms with Crippen LogP contribution in [0.4, 0.5) is 0 Å². The highest BCUT2D eigenvalue weighted by Gasteiger charge is 2.16. The summed E-state index contributed by atoms with van der Waals surface area (Å²) in [5.74, 6) is -0.0814. The van der Waals surface area contributed by atoms with Crippen LogP contribution in [0.3, 0.4) is 0 Å². The monoisotopic (exact) mass is 286 g/mol. The number of aromatic nitrogens is 2. The first kappa shape index (κ1) is 14.8. The smallest absolute Gasteiger partial charge is 0.285 e. The molecule has 0 unspecified atom stereocenters. The van der Waals surface area contributed by atoms with Gasteiger partial charge < -0.3 is 9.64 Å². The Bertz CT molecular complexity index is 632. The quantitative estimate of drug-likeness (QED) is 0.620. The average Bonchev–Trinajstić information content (AvgIpc) is 2.85. The van der Waals surface area contributed by atoms with Gasteiger partial charge in [-0.05, 0) is 5.56 Å². The number of carbonyl (C=O) groups excluding carboxylic acids is 1. The minimum atomic E-state index is -0.375. The molecule has 0 saturated carbocycles. The molecule has 1 aromatic carbocycles. The molecule has 2 aromatic rings. The second-order valence-electron chi connectivity index (χ2n) is 4.81. The SMILES string of the molecule is CN(C)C=NC(=O)c1cn(C)nc1OCc1ccccc1. The van der Waals surface area contributed by atoms with E-state index in [2.05, 4.69) is 10.1 Å². The second kappa shape index (κ2) is 6.69. The number of aryl methyl sites for hydroxylation is 1. The highest BCUT2D eigenvalue weighted by molar-refractivity contribution is 6.00. The molecule has 21 heavy (non-hydrogen) atoms. The van der Waals surface area contributed by atoms with Crippen molar-refractivity contribution in [3.8, 4) is 5.88 Å². The molecule has 0 radical (unpaired) electrons. The molecule has 1 heterocycles. The number of ether oxygens (including phenoxy) is 1. The molecule has 1 aromatic heterocycles. The number of rotatable bonds is 5. The third-order valence-electron chi connectivity index (χ3n) is 2.65. The number of nitrogens with zero attached hydrogens (tertiary/aromatic N) is 4. The van der Waals surface area contributed by atoms with Crippen molar-refractivity contribution < 1.29 is 9.53 Å². The molecule has 0 atom stereocenters. The highest BCUT2D eigenvalue weighted by Crippen LogP contribution is 2.18. The zero-order chi connectivity index (χ0) is 15.2. The van der Waals surface area contributed by atoms with E-state index >= 15 is 0 Å². The van der Waals surface area contributed by atoms with Crippen LogP contribution in [0, 0.1) is 0 Å². The lowest BCUT2D eigenvalue weighted by Crippen LogP contribution is -2.10. The minimum Gasteiger partial charge on any atom is -0.471 e. The maximum Gasteiger partial charge on any atom is 0.285 e. The van der Waals surface area contributed by atoms with Gasteiger partial charge in [0.15, 0.2) is 0 Å². The summed E-state index contributed by atoms with van der Waals surface area (Å²) in [4.78, 5) is 17.6. The summed E-state index contributed by atoms with van der Waals surface area (Å²) in [6.07, 6.45) is 3.06. The number of carbonyl (C=O) groups is 1. The van der Waals surface area contributed by atoms with E-state index in [1.165, 1.54) is 6.34 Å². The van der Waals surface area contributed by atoms with Crippen LogP contribution in [-0.4, -0.2) is 41.0 Å². The summed E-state index contributed by atoms with van der Waals surface area (Å²) in [5.41, 5.74) is 1.37. The molecule has 0 aliphatic carbocycles. The van der Waals surface area contributed by atoms with Gasteiger partial charge in [0.05, 0.1) is 6.34 Å². The predicted octanol–water partition coefficient (Wildman–Crippen LogP) is 1.73. The molecule has 0 N–H and O–H groups in total. The van der Waals surface area contributed by atoms with Crippen LogP contribution in [0.1, 0.15) is 15.9 Å². The molecule has 1 amide bonds. The van der Waals surface area contributed by atoms with Crippen molar-refractivity contribution in [2.75, 3.05) is 14.1 Å². The largest absolute Gasteiger partial charge is 0.471 e. The van der Waals surface area contributed by atoms with Crippen molar-refractivity contribution in [2.45, 2.75) is 6.61 Å². The number of aliphatic imine (C=N–C) groups is 1. The minimum absolute atomic E-state index is 0.294. The van der Waals surface area contributed by atoms with Crippen LogP contribution < -0.4 is 4.74 Å². The van der Waals surface area contributed by atoms with Crippen molar-refractivity contribution in [3.63, 3.8) is 0 Å². The van der Waals surface area contributed by atoms with E-state index in [4.69, 9.17) is 4.74 Å². The van der Waals surface area contributed by atoms with Crippen molar-refractivity contribution >= 4 is 12.2 Å². The lowest BCUT2D eigenvalue weighted by molar-refractivity contribution is 0.0998. The molecule has 0 fully saturated rings. The fourth-order valence-corrected chi connectivity index (χ4v) is 1.68.